The minimum atomic E-state index is -3.57. The largest absolute Gasteiger partial charge is 0.330 e. The number of pyridine rings is 1. The van der Waals surface area contributed by atoms with Crippen molar-refractivity contribution in [1.82, 2.24) is 4.98 Å². The highest BCUT2D eigenvalue weighted by atomic mass is 32.2. The molecule has 0 aliphatic heterocycles. The van der Waals surface area contributed by atoms with E-state index in [-0.39, 0.29) is 4.90 Å². The van der Waals surface area contributed by atoms with Crippen molar-refractivity contribution >= 4 is 15.7 Å². The van der Waals surface area contributed by atoms with Gasteiger partial charge in [-0.25, -0.2) is 8.42 Å². The quantitative estimate of drug-likeness (QED) is 0.878. The molecule has 0 amide bonds. The number of benzene rings is 1. The Morgan fingerprint density at radius 1 is 1.20 bits per heavy atom. The Labute approximate surface area is 118 Å². The summed E-state index contributed by atoms with van der Waals surface area (Å²) in [6.07, 6.45) is 2.30. The minimum Gasteiger partial charge on any atom is -0.330 e. The average molecular weight is 291 g/mol. The second-order valence-corrected chi connectivity index (χ2v) is 6.16. The minimum absolute atomic E-state index is 0.229. The van der Waals surface area contributed by atoms with Gasteiger partial charge in [-0.2, -0.15) is 0 Å². The molecule has 0 bridgehead atoms. The summed E-state index contributed by atoms with van der Waals surface area (Å²) >= 11 is 0. The Morgan fingerprint density at radius 3 is 2.50 bits per heavy atom. The number of anilines is 1. The molecule has 1 aromatic heterocycles. The normalized spacial score (nSPS) is 11.3. The Morgan fingerprint density at radius 2 is 1.90 bits per heavy atom. The van der Waals surface area contributed by atoms with Gasteiger partial charge in [0, 0.05) is 11.9 Å². The summed E-state index contributed by atoms with van der Waals surface area (Å²) in [4.78, 5) is 4.26. The topological polar surface area (TPSA) is 85.1 Å². The van der Waals surface area contributed by atoms with E-state index in [1.807, 2.05) is 0 Å². The second kappa shape index (κ2) is 6.02. The molecule has 2 rings (SSSR count). The molecule has 0 unspecified atom stereocenters. The van der Waals surface area contributed by atoms with Crippen molar-refractivity contribution in [3.8, 4) is 0 Å². The van der Waals surface area contributed by atoms with Gasteiger partial charge in [0.15, 0.2) is 0 Å². The third-order valence-electron chi connectivity index (χ3n) is 2.82. The summed E-state index contributed by atoms with van der Waals surface area (Å²) in [5, 5.41) is 0. The van der Waals surface area contributed by atoms with Crippen molar-refractivity contribution in [1.29, 1.82) is 0 Å². The van der Waals surface area contributed by atoms with E-state index >= 15 is 0 Å². The first-order chi connectivity index (χ1) is 9.51. The zero-order valence-corrected chi connectivity index (χ0v) is 12.0. The summed E-state index contributed by atoms with van der Waals surface area (Å²) in [5.41, 5.74) is 7.74. The van der Waals surface area contributed by atoms with E-state index in [9.17, 15) is 8.42 Å². The molecule has 3 N–H and O–H groups in total. The van der Waals surface area contributed by atoms with E-state index in [1.54, 1.807) is 49.5 Å². The molecule has 106 valence electrons. The second-order valence-electron chi connectivity index (χ2n) is 4.47. The van der Waals surface area contributed by atoms with Gasteiger partial charge in [0.2, 0.25) is 0 Å². The van der Waals surface area contributed by atoms with Crippen LogP contribution < -0.4 is 10.5 Å². The maximum atomic E-state index is 12.2. The molecule has 0 saturated carbocycles. The molecular formula is C14H17N3O2S. The lowest BCUT2D eigenvalue weighted by atomic mass is 10.2. The molecule has 0 spiro atoms. The van der Waals surface area contributed by atoms with Crippen molar-refractivity contribution in [2.75, 3.05) is 11.3 Å². The van der Waals surface area contributed by atoms with E-state index in [4.69, 9.17) is 5.73 Å². The molecule has 0 atom stereocenters. The third kappa shape index (κ3) is 3.55. The standard InChI is InChI=1S/C14H17N3O2S/c1-11-10-13(7-9-16-11)17-20(18,19)14-4-2-12(3-5-14)6-8-15/h2-5,7,9-10H,6,8,15H2,1H3,(H,16,17). The van der Waals surface area contributed by atoms with Crippen LogP contribution in [-0.2, 0) is 16.4 Å². The van der Waals surface area contributed by atoms with Gasteiger partial charge in [-0.1, -0.05) is 12.1 Å². The zero-order valence-electron chi connectivity index (χ0n) is 11.2. The van der Waals surface area contributed by atoms with Crippen molar-refractivity contribution < 1.29 is 8.42 Å². The van der Waals surface area contributed by atoms with Crippen LogP contribution in [0.2, 0.25) is 0 Å². The maximum absolute atomic E-state index is 12.2. The number of rotatable bonds is 5. The van der Waals surface area contributed by atoms with E-state index < -0.39 is 10.0 Å². The molecule has 5 nitrogen and oxygen atoms in total. The van der Waals surface area contributed by atoms with Gasteiger partial charge in [-0.05, 0) is 49.7 Å². The summed E-state index contributed by atoms with van der Waals surface area (Å²) in [6.45, 7) is 2.35. The maximum Gasteiger partial charge on any atom is 0.261 e. The average Bonchev–Trinajstić information content (AvgIpc) is 2.39. The Balaban J connectivity index is 2.21. The molecule has 0 radical (unpaired) electrons. The molecule has 20 heavy (non-hydrogen) atoms. The summed E-state index contributed by atoms with van der Waals surface area (Å²) in [5.74, 6) is 0. The van der Waals surface area contributed by atoms with Gasteiger partial charge in [-0.15, -0.1) is 0 Å². The van der Waals surface area contributed by atoms with Gasteiger partial charge in [0.05, 0.1) is 10.6 Å². The van der Waals surface area contributed by atoms with Crippen molar-refractivity contribution in [3.63, 3.8) is 0 Å². The van der Waals surface area contributed by atoms with Gasteiger partial charge in [0.1, 0.15) is 0 Å². The number of nitrogens with one attached hydrogen (secondary N) is 1. The molecule has 1 aromatic carbocycles. The fraction of sp³-hybridized carbons (Fsp3) is 0.214. The van der Waals surface area contributed by atoms with Crippen LogP contribution in [0.15, 0.2) is 47.5 Å². The summed E-state index contributed by atoms with van der Waals surface area (Å²) in [7, 11) is -3.57. The highest BCUT2D eigenvalue weighted by Gasteiger charge is 2.13. The SMILES string of the molecule is Cc1cc(NS(=O)(=O)c2ccc(CCN)cc2)ccn1. The van der Waals surface area contributed by atoms with E-state index in [1.165, 1.54) is 0 Å². The number of aromatic nitrogens is 1. The smallest absolute Gasteiger partial charge is 0.261 e. The lowest BCUT2D eigenvalue weighted by molar-refractivity contribution is 0.601. The molecular weight excluding hydrogens is 274 g/mol. The highest BCUT2D eigenvalue weighted by Crippen LogP contribution is 2.16. The molecule has 2 aromatic rings. The molecule has 1 heterocycles. The molecule has 0 saturated heterocycles. The van der Waals surface area contributed by atoms with Gasteiger partial charge < -0.3 is 5.73 Å². The number of nitrogens with zero attached hydrogens (tertiary/aromatic N) is 1. The lowest BCUT2D eigenvalue weighted by Crippen LogP contribution is -2.13. The summed E-state index contributed by atoms with van der Waals surface area (Å²) in [6, 6.07) is 10.0. The van der Waals surface area contributed by atoms with Gasteiger partial charge in [0.25, 0.3) is 10.0 Å². The lowest BCUT2D eigenvalue weighted by Gasteiger charge is -2.09. The van der Waals surface area contributed by atoms with E-state index in [2.05, 4.69) is 9.71 Å². The number of sulfonamides is 1. The summed E-state index contributed by atoms with van der Waals surface area (Å²) < 4.78 is 27.0. The van der Waals surface area contributed by atoms with Crippen LogP contribution in [0.4, 0.5) is 5.69 Å². The fourth-order valence-corrected chi connectivity index (χ4v) is 2.87. The van der Waals surface area contributed by atoms with Gasteiger partial charge in [-0.3, -0.25) is 9.71 Å². The molecule has 0 aliphatic carbocycles. The Kier molecular flexibility index (Phi) is 4.36. The van der Waals surface area contributed by atoms with Crippen LogP contribution >= 0.6 is 0 Å². The van der Waals surface area contributed by atoms with E-state index in [0.717, 1.165) is 17.7 Å². The first-order valence-corrected chi connectivity index (χ1v) is 7.74. The number of nitrogens with two attached hydrogens (primary N) is 1. The van der Waals surface area contributed by atoms with Crippen molar-refractivity contribution in [3.05, 3.63) is 53.9 Å². The van der Waals surface area contributed by atoms with Crippen LogP contribution in [0.25, 0.3) is 0 Å². The zero-order chi connectivity index (χ0) is 14.6. The predicted octanol–water partition coefficient (Wildman–Crippen LogP) is 1.69. The van der Waals surface area contributed by atoms with Crippen molar-refractivity contribution in [2.24, 2.45) is 5.73 Å². The van der Waals surface area contributed by atoms with Crippen LogP contribution in [0.5, 0.6) is 0 Å². The molecule has 6 heteroatoms. The van der Waals surface area contributed by atoms with Crippen LogP contribution in [0.3, 0.4) is 0 Å². The first-order valence-electron chi connectivity index (χ1n) is 6.26. The molecule has 0 aliphatic rings. The Bertz CT molecular complexity index is 682. The third-order valence-corrected chi connectivity index (χ3v) is 4.21. The van der Waals surface area contributed by atoms with Crippen LogP contribution in [-0.4, -0.2) is 19.9 Å². The number of aryl methyl sites for hydroxylation is 1. The fourth-order valence-electron chi connectivity index (χ4n) is 1.83. The highest BCUT2D eigenvalue weighted by molar-refractivity contribution is 7.92. The van der Waals surface area contributed by atoms with Crippen LogP contribution in [0, 0.1) is 6.92 Å². The predicted molar refractivity (Wildman–Crippen MR) is 79.0 cm³/mol. The monoisotopic (exact) mass is 291 g/mol. The Hall–Kier alpha value is -1.92. The number of hydrogen-bond donors (Lipinski definition) is 2. The first kappa shape index (κ1) is 14.5. The van der Waals surface area contributed by atoms with Crippen molar-refractivity contribution in [2.45, 2.75) is 18.2 Å². The molecule has 0 fully saturated rings. The van der Waals surface area contributed by atoms with Gasteiger partial charge >= 0.3 is 0 Å². The van der Waals surface area contributed by atoms with Crippen LogP contribution in [0.1, 0.15) is 11.3 Å². The number of hydrogen-bond acceptors (Lipinski definition) is 4. The van der Waals surface area contributed by atoms with E-state index in [0.29, 0.717) is 12.2 Å².